The fraction of sp³-hybridized carbons (Fsp3) is 0.455. The molecular weight excluding hydrogens is 254 g/mol. The van der Waals surface area contributed by atoms with Gasteiger partial charge in [-0.3, -0.25) is 9.59 Å². The minimum absolute atomic E-state index is 0.193. The zero-order valence-corrected chi connectivity index (χ0v) is 11.0. The molecule has 18 heavy (non-hydrogen) atoms. The Balaban J connectivity index is 2.25. The van der Waals surface area contributed by atoms with Crippen LogP contribution in [-0.4, -0.2) is 45.2 Å². The number of rotatable bonds is 8. The molecule has 0 atom stereocenters. The normalized spacial score (nSPS) is 10.3. The van der Waals surface area contributed by atoms with E-state index in [1.54, 1.807) is 19.2 Å². The average molecular weight is 271 g/mol. The smallest absolute Gasteiger partial charge is 0.261 e. The third-order valence-corrected chi connectivity index (χ3v) is 3.24. The Bertz CT molecular complexity index is 406. The number of hydrogen-bond acceptors (Lipinski definition) is 5. The van der Waals surface area contributed by atoms with E-state index < -0.39 is 5.91 Å². The topological polar surface area (TPSA) is 93.4 Å². The van der Waals surface area contributed by atoms with Crippen LogP contribution in [0, 0.1) is 0 Å². The Hall–Kier alpha value is -1.44. The lowest BCUT2D eigenvalue weighted by Crippen LogP contribution is -2.32. The number of nitrogens with two attached hydrogens (primary N) is 1. The van der Waals surface area contributed by atoms with Crippen LogP contribution < -0.4 is 16.4 Å². The Labute approximate surface area is 110 Å². The van der Waals surface area contributed by atoms with E-state index >= 15 is 0 Å². The molecule has 0 aromatic carbocycles. The zero-order valence-electron chi connectivity index (χ0n) is 10.2. The molecule has 0 saturated heterocycles. The summed E-state index contributed by atoms with van der Waals surface area (Å²) in [7, 11) is 1.64. The molecule has 0 aliphatic heterocycles. The second kappa shape index (κ2) is 7.80. The first-order chi connectivity index (χ1) is 8.65. The first-order valence-corrected chi connectivity index (χ1v) is 6.34. The molecule has 0 bridgehead atoms. The van der Waals surface area contributed by atoms with Crippen molar-refractivity contribution in [3.63, 3.8) is 0 Å². The van der Waals surface area contributed by atoms with Crippen molar-refractivity contribution in [1.29, 1.82) is 0 Å². The van der Waals surface area contributed by atoms with Crippen molar-refractivity contribution in [1.82, 2.24) is 10.6 Å². The third-order valence-electron chi connectivity index (χ3n) is 2.14. The van der Waals surface area contributed by atoms with Gasteiger partial charge in [0, 0.05) is 26.7 Å². The van der Waals surface area contributed by atoms with E-state index in [0.29, 0.717) is 29.5 Å². The summed E-state index contributed by atoms with van der Waals surface area (Å²) in [6.07, 6.45) is 0. The second-order valence-corrected chi connectivity index (χ2v) is 4.61. The molecule has 1 rings (SSSR count). The van der Waals surface area contributed by atoms with Crippen LogP contribution in [0.25, 0.3) is 0 Å². The fourth-order valence-corrected chi connectivity index (χ4v) is 2.02. The predicted molar refractivity (Wildman–Crippen MR) is 69.9 cm³/mol. The van der Waals surface area contributed by atoms with Crippen molar-refractivity contribution in [2.45, 2.75) is 0 Å². The number of nitrogens with one attached hydrogen (secondary N) is 2. The molecule has 1 heterocycles. The minimum atomic E-state index is -0.514. The molecule has 1 aromatic heterocycles. The van der Waals surface area contributed by atoms with Gasteiger partial charge in [-0.05, 0) is 12.1 Å². The van der Waals surface area contributed by atoms with Crippen LogP contribution in [0.3, 0.4) is 0 Å². The van der Waals surface area contributed by atoms with Crippen LogP contribution in [0.1, 0.15) is 19.3 Å². The third kappa shape index (κ3) is 4.82. The van der Waals surface area contributed by atoms with Crippen LogP contribution in [0.4, 0.5) is 0 Å². The number of amides is 2. The van der Waals surface area contributed by atoms with E-state index in [2.05, 4.69) is 10.6 Å². The number of thiophene rings is 1. The molecular formula is C11H17N3O3S. The maximum Gasteiger partial charge on any atom is 0.261 e. The van der Waals surface area contributed by atoms with Crippen LogP contribution >= 0.6 is 11.3 Å². The van der Waals surface area contributed by atoms with Crippen LogP contribution in [0.5, 0.6) is 0 Å². The number of hydrogen-bond donors (Lipinski definition) is 3. The Morgan fingerprint density at radius 3 is 2.61 bits per heavy atom. The van der Waals surface area contributed by atoms with Gasteiger partial charge in [-0.25, -0.2) is 0 Å². The summed E-state index contributed by atoms with van der Waals surface area (Å²) in [5, 5.41) is 5.85. The molecule has 4 N–H and O–H groups in total. The van der Waals surface area contributed by atoms with E-state index in [1.807, 2.05) is 0 Å². The van der Waals surface area contributed by atoms with Gasteiger partial charge in [-0.1, -0.05) is 0 Å². The summed E-state index contributed by atoms with van der Waals surface area (Å²) >= 11 is 1.09. The molecule has 0 fully saturated rings. The Morgan fingerprint density at radius 1 is 1.28 bits per heavy atom. The highest BCUT2D eigenvalue weighted by molar-refractivity contribution is 7.15. The Morgan fingerprint density at radius 2 is 2.00 bits per heavy atom. The van der Waals surface area contributed by atoms with Crippen LogP contribution in [-0.2, 0) is 4.74 Å². The van der Waals surface area contributed by atoms with Crippen molar-refractivity contribution < 1.29 is 14.3 Å². The first-order valence-electron chi connectivity index (χ1n) is 5.52. The van der Waals surface area contributed by atoms with E-state index in [4.69, 9.17) is 10.5 Å². The molecule has 6 nitrogen and oxygen atoms in total. The average Bonchev–Trinajstić information content (AvgIpc) is 2.83. The molecule has 1 aromatic rings. The molecule has 100 valence electrons. The number of methoxy groups -OCH3 is 1. The monoisotopic (exact) mass is 271 g/mol. The van der Waals surface area contributed by atoms with Gasteiger partial charge in [0.2, 0.25) is 0 Å². The zero-order chi connectivity index (χ0) is 13.4. The van der Waals surface area contributed by atoms with Gasteiger partial charge in [0.25, 0.3) is 11.8 Å². The number of primary amides is 1. The molecule has 0 aliphatic rings. The van der Waals surface area contributed by atoms with E-state index in [9.17, 15) is 9.59 Å². The summed E-state index contributed by atoms with van der Waals surface area (Å²) in [5.41, 5.74) is 5.11. The van der Waals surface area contributed by atoms with Gasteiger partial charge >= 0.3 is 0 Å². The standard InChI is InChI=1S/C11H17N3O3S/c1-17-7-6-13-4-5-14-11(16)9-3-2-8(18-9)10(12)15/h2-3,13H,4-7H2,1H3,(H2,12,15)(H,14,16). The molecule has 0 radical (unpaired) electrons. The second-order valence-electron chi connectivity index (χ2n) is 3.53. The van der Waals surface area contributed by atoms with Crippen molar-refractivity contribution in [2.24, 2.45) is 5.73 Å². The van der Waals surface area contributed by atoms with Gasteiger partial charge in [0.15, 0.2) is 0 Å². The lowest BCUT2D eigenvalue weighted by Gasteiger charge is -2.05. The van der Waals surface area contributed by atoms with Gasteiger partial charge in [0.05, 0.1) is 16.4 Å². The maximum atomic E-state index is 11.7. The van der Waals surface area contributed by atoms with E-state index in [0.717, 1.165) is 17.9 Å². The molecule has 7 heteroatoms. The maximum absolute atomic E-state index is 11.7. The summed E-state index contributed by atoms with van der Waals surface area (Å²) in [6.45, 7) is 2.58. The number of carbonyl (C=O) groups is 2. The van der Waals surface area contributed by atoms with Gasteiger partial charge in [-0.2, -0.15) is 0 Å². The van der Waals surface area contributed by atoms with Crippen molar-refractivity contribution in [3.8, 4) is 0 Å². The number of carbonyl (C=O) groups excluding carboxylic acids is 2. The van der Waals surface area contributed by atoms with Crippen molar-refractivity contribution >= 4 is 23.2 Å². The van der Waals surface area contributed by atoms with E-state index in [-0.39, 0.29) is 5.91 Å². The molecule has 2 amide bonds. The lowest BCUT2D eigenvalue weighted by molar-refractivity contribution is 0.0956. The van der Waals surface area contributed by atoms with Gasteiger partial charge < -0.3 is 21.1 Å². The van der Waals surface area contributed by atoms with Gasteiger partial charge in [-0.15, -0.1) is 11.3 Å². The summed E-state index contributed by atoms with van der Waals surface area (Å²) in [5.74, 6) is -0.707. The summed E-state index contributed by atoms with van der Waals surface area (Å²) < 4.78 is 4.87. The van der Waals surface area contributed by atoms with Crippen LogP contribution in [0.2, 0.25) is 0 Å². The molecule has 0 unspecified atom stereocenters. The van der Waals surface area contributed by atoms with Crippen molar-refractivity contribution in [2.75, 3.05) is 33.4 Å². The van der Waals surface area contributed by atoms with Gasteiger partial charge in [0.1, 0.15) is 0 Å². The first kappa shape index (κ1) is 14.6. The lowest BCUT2D eigenvalue weighted by atomic mass is 10.4. The SMILES string of the molecule is COCCNCCNC(=O)c1ccc(C(N)=O)s1. The number of ether oxygens (including phenoxy) is 1. The quantitative estimate of drug-likeness (QED) is 0.571. The highest BCUT2D eigenvalue weighted by atomic mass is 32.1. The Kier molecular flexibility index (Phi) is 6.34. The minimum Gasteiger partial charge on any atom is -0.383 e. The van der Waals surface area contributed by atoms with Crippen molar-refractivity contribution in [3.05, 3.63) is 21.9 Å². The molecule has 0 saturated carbocycles. The molecule has 0 aliphatic carbocycles. The fourth-order valence-electron chi connectivity index (χ4n) is 1.24. The summed E-state index contributed by atoms with van der Waals surface area (Å²) in [4.78, 5) is 23.4. The summed E-state index contributed by atoms with van der Waals surface area (Å²) in [6, 6.07) is 3.15. The highest BCUT2D eigenvalue weighted by Crippen LogP contribution is 2.15. The molecule has 0 spiro atoms. The van der Waals surface area contributed by atoms with Crippen LogP contribution in [0.15, 0.2) is 12.1 Å². The van der Waals surface area contributed by atoms with E-state index in [1.165, 1.54) is 0 Å². The highest BCUT2D eigenvalue weighted by Gasteiger charge is 2.10. The largest absolute Gasteiger partial charge is 0.383 e. The predicted octanol–water partition coefficient (Wildman–Crippen LogP) is -0.187.